The van der Waals surface area contributed by atoms with Gasteiger partial charge in [-0.3, -0.25) is 9.59 Å². The van der Waals surface area contributed by atoms with E-state index in [2.05, 4.69) is 0 Å². The van der Waals surface area contributed by atoms with Crippen molar-refractivity contribution in [2.75, 3.05) is 7.11 Å². The fourth-order valence-electron chi connectivity index (χ4n) is 2.14. The van der Waals surface area contributed by atoms with Gasteiger partial charge < -0.3 is 9.84 Å². The zero-order chi connectivity index (χ0) is 11.8. The Morgan fingerprint density at radius 3 is 2.44 bits per heavy atom. The van der Waals surface area contributed by atoms with E-state index in [0.717, 1.165) is 0 Å². The Hall–Kier alpha value is -1.84. The molecule has 0 amide bonds. The van der Waals surface area contributed by atoms with Crippen LogP contribution in [0.4, 0.5) is 0 Å². The molecule has 1 aliphatic rings. The highest BCUT2D eigenvalue weighted by Gasteiger charge is 2.66. The van der Waals surface area contributed by atoms with Gasteiger partial charge in [-0.15, -0.1) is 0 Å². The molecule has 2 rings (SSSR count). The minimum atomic E-state index is -0.970. The Kier molecular flexibility index (Phi) is 2.42. The Labute approximate surface area is 92.8 Å². The summed E-state index contributed by atoms with van der Waals surface area (Å²) in [6, 6.07) is 8.93. The number of carbonyl (C=O) groups is 2. The van der Waals surface area contributed by atoms with E-state index < -0.39 is 23.3 Å². The standard InChI is InChI=1S/C12H12O4/c1-16-11(15)12(7-9(12)10(13)14)8-5-3-2-4-6-8/h2-6,9H,7H2,1H3,(H,13,14)/t9-,12+/m0/s1. The number of esters is 1. The Balaban J connectivity index is 2.39. The van der Waals surface area contributed by atoms with Crippen LogP contribution < -0.4 is 0 Å². The highest BCUT2D eigenvalue weighted by molar-refractivity contribution is 5.95. The van der Waals surface area contributed by atoms with Crippen molar-refractivity contribution in [2.45, 2.75) is 11.8 Å². The lowest BCUT2D eigenvalue weighted by atomic mass is 9.93. The van der Waals surface area contributed by atoms with Crippen LogP contribution in [-0.4, -0.2) is 24.2 Å². The summed E-state index contributed by atoms with van der Waals surface area (Å²) in [6.45, 7) is 0. The summed E-state index contributed by atoms with van der Waals surface area (Å²) in [4.78, 5) is 22.7. The lowest BCUT2D eigenvalue weighted by Gasteiger charge is -2.13. The number of aliphatic carboxylic acids is 1. The van der Waals surface area contributed by atoms with Gasteiger partial charge in [-0.05, 0) is 12.0 Å². The molecule has 4 heteroatoms. The highest BCUT2D eigenvalue weighted by Crippen LogP contribution is 2.55. The maximum Gasteiger partial charge on any atom is 0.317 e. The molecule has 1 aromatic rings. The van der Waals surface area contributed by atoms with Crippen molar-refractivity contribution in [2.24, 2.45) is 5.92 Å². The summed E-state index contributed by atoms with van der Waals surface area (Å²) in [7, 11) is 1.28. The lowest BCUT2D eigenvalue weighted by Crippen LogP contribution is -2.26. The smallest absolute Gasteiger partial charge is 0.317 e. The summed E-state index contributed by atoms with van der Waals surface area (Å²) in [6.07, 6.45) is 0.318. The molecule has 1 fully saturated rings. The molecule has 2 atom stereocenters. The molecule has 1 saturated carbocycles. The van der Waals surface area contributed by atoms with Gasteiger partial charge in [-0.25, -0.2) is 0 Å². The van der Waals surface area contributed by atoms with E-state index in [-0.39, 0.29) is 0 Å². The monoisotopic (exact) mass is 220 g/mol. The minimum absolute atomic E-state index is 0.318. The van der Waals surface area contributed by atoms with Gasteiger partial charge in [0.25, 0.3) is 0 Å². The van der Waals surface area contributed by atoms with E-state index in [1.54, 1.807) is 24.3 Å². The molecule has 0 aliphatic heterocycles. The fraction of sp³-hybridized carbons (Fsp3) is 0.333. The third kappa shape index (κ3) is 1.38. The summed E-state index contributed by atoms with van der Waals surface area (Å²) in [5, 5.41) is 8.99. The second-order valence-corrected chi connectivity index (χ2v) is 3.92. The van der Waals surface area contributed by atoms with Crippen LogP contribution in [0.25, 0.3) is 0 Å². The highest BCUT2D eigenvalue weighted by atomic mass is 16.5. The van der Waals surface area contributed by atoms with E-state index in [9.17, 15) is 9.59 Å². The largest absolute Gasteiger partial charge is 0.481 e. The van der Waals surface area contributed by atoms with E-state index in [1.165, 1.54) is 7.11 Å². The first-order valence-corrected chi connectivity index (χ1v) is 4.99. The zero-order valence-corrected chi connectivity index (χ0v) is 8.84. The number of rotatable bonds is 3. The SMILES string of the molecule is COC(=O)[C@@]1(c2ccccc2)C[C@H]1C(=O)O. The van der Waals surface area contributed by atoms with Crippen LogP contribution in [0.2, 0.25) is 0 Å². The molecule has 4 nitrogen and oxygen atoms in total. The van der Waals surface area contributed by atoms with Crippen molar-refractivity contribution in [1.82, 2.24) is 0 Å². The molecule has 0 bridgehead atoms. The van der Waals surface area contributed by atoms with Gasteiger partial charge in [0.1, 0.15) is 5.41 Å². The van der Waals surface area contributed by atoms with Gasteiger partial charge >= 0.3 is 11.9 Å². The average molecular weight is 220 g/mol. The zero-order valence-electron chi connectivity index (χ0n) is 8.84. The quantitative estimate of drug-likeness (QED) is 0.777. The van der Waals surface area contributed by atoms with Crippen LogP contribution in [-0.2, 0) is 19.7 Å². The van der Waals surface area contributed by atoms with Crippen LogP contribution in [0.5, 0.6) is 0 Å². The molecular formula is C12H12O4. The maximum absolute atomic E-state index is 11.7. The number of carboxylic acids is 1. The molecule has 0 saturated heterocycles. The van der Waals surface area contributed by atoms with Gasteiger partial charge in [0.15, 0.2) is 0 Å². The second-order valence-electron chi connectivity index (χ2n) is 3.92. The molecule has 84 valence electrons. The Morgan fingerprint density at radius 2 is 2.00 bits per heavy atom. The average Bonchev–Trinajstić information content (AvgIpc) is 3.06. The Bertz CT molecular complexity index is 426. The minimum Gasteiger partial charge on any atom is -0.481 e. The van der Waals surface area contributed by atoms with Crippen LogP contribution >= 0.6 is 0 Å². The van der Waals surface area contributed by atoms with Gasteiger partial charge in [-0.2, -0.15) is 0 Å². The third-order valence-electron chi connectivity index (χ3n) is 3.10. The van der Waals surface area contributed by atoms with Crippen LogP contribution in [0, 0.1) is 5.92 Å². The Morgan fingerprint density at radius 1 is 1.38 bits per heavy atom. The summed E-state index contributed by atoms with van der Waals surface area (Å²) >= 11 is 0. The normalized spacial score (nSPS) is 27.2. The predicted molar refractivity (Wildman–Crippen MR) is 55.9 cm³/mol. The molecular weight excluding hydrogens is 208 g/mol. The first kappa shape index (κ1) is 10.7. The second kappa shape index (κ2) is 3.63. The van der Waals surface area contributed by atoms with Crippen molar-refractivity contribution in [3.63, 3.8) is 0 Å². The summed E-state index contributed by atoms with van der Waals surface area (Å²) < 4.78 is 4.71. The van der Waals surface area contributed by atoms with Gasteiger partial charge in [0.05, 0.1) is 13.0 Å². The van der Waals surface area contributed by atoms with Crippen LogP contribution in [0.1, 0.15) is 12.0 Å². The predicted octanol–water partition coefficient (Wildman–Crippen LogP) is 1.20. The van der Waals surface area contributed by atoms with Gasteiger partial charge in [0, 0.05) is 0 Å². The number of hydrogen-bond acceptors (Lipinski definition) is 3. The third-order valence-corrected chi connectivity index (χ3v) is 3.10. The van der Waals surface area contributed by atoms with Gasteiger partial charge in [-0.1, -0.05) is 30.3 Å². The van der Waals surface area contributed by atoms with Crippen molar-refractivity contribution >= 4 is 11.9 Å². The molecule has 1 N–H and O–H groups in total. The molecule has 16 heavy (non-hydrogen) atoms. The van der Waals surface area contributed by atoms with Crippen molar-refractivity contribution in [3.8, 4) is 0 Å². The summed E-state index contributed by atoms with van der Waals surface area (Å²) in [5.41, 5.74) is -0.253. The summed E-state index contributed by atoms with van der Waals surface area (Å²) in [5.74, 6) is -2.08. The first-order chi connectivity index (χ1) is 7.63. The maximum atomic E-state index is 11.7. The molecule has 0 unspecified atom stereocenters. The van der Waals surface area contributed by atoms with Crippen molar-refractivity contribution in [3.05, 3.63) is 35.9 Å². The molecule has 0 aromatic heterocycles. The fourth-order valence-corrected chi connectivity index (χ4v) is 2.14. The number of hydrogen-bond donors (Lipinski definition) is 1. The van der Waals surface area contributed by atoms with Crippen LogP contribution in [0.15, 0.2) is 30.3 Å². The number of carboxylic acid groups (broad SMARTS) is 1. The first-order valence-electron chi connectivity index (χ1n) is 4.99. The van der Waals surface area contributed by atoms with E-state index in [4.69, 9.17) is 9.84 Å². The van der Waals surface area contributed by atoms with E-state index in [1.807, 2.05) is 6.07 Å². The molecule has 1 aromatic carbocycles. The number of methoxy groups -OCH3 is 1. The molecule has 0 spiro atoms. The topological polar surface area (TPSA) is 63.6 Å². The van der Waals surface area contributed by atoms with E-state index >= 15 is 0 Å². The van der Waals surface area contributed by atoms with Crippen molar-refractivity contribution < 1.29 is 19.4 Å². The van der Waals surface area contributed by atoms with Crippen molar-refractivity contribution in [1.29, 1.82) is 0 Å². The molecule has 0 heterocycles. The molecule has 1 aliphatic carbocycles. The number of benzene rings is 1. The van der Waals surface area contributed by atoms with E-state index in [0.29, 0.717) is 12.0 Å². The van der Waals surface area contributed by atoms with Gasteiger partial charge in [0.2, 0.25) is 0 Å². The number of ether oxygens (including phenoxy) is 1. The number of carbonyl (C=O) groups excluding carboxylic acids is 1. The van der Waals surface area contributed by atoms with Crippen LogP contribution in [0.3, 0.4) is 0 Å². The molecule has 0 radical (unpaired) electrons. The lowest BCUT2D eigenvalue weighted by molar-refractivity contribution is -0.148.